The Bertz CT molecular complexity index is 207. The number of piperazine rings is 1. The van der Waals surface area contributed by atoms with E-state index in [1.54, 1.807) is 0 Å². The van der Waals surface area contributed by atoms with Crippen LogP contribution in [0.5, 0.6) is 0 Å². The van der Waals surface area contributed by atoms with Crippen molar-refractivity contribution in [2.75, 3.05) is 26.2 Å². The molecule has 1 aliphatic rings. The quantitative estimate of drug-likeness (QED) is 0.265. The average molecular weight is 186 g/mol. The number of nitrogens with one attached hydrogen (secondary N) is 2. The van der Waals surface area contributed by atoms with Crippen LogP contribution in [-0.2, 0) is 9.59 Å². The van der Waals surface area contributed by atoms with Gasteiger partial charge < -0.3 is 5.32 Å². The molecule has 0 radical (unpaired) electrons. The number of amides is 2. The first-order chi connectivity index (χ1) is 6.22. The van der Waals surface area contributed by atoms with Crippen LogP contribution in [-0.4, -0.2) is 42.9 Å². The zero-order valence-electron chi connectivity index (χ0n) is 7.38. The third-order valence-electron chi connectivity index (χ3n) is 1.93. The van der Waals surface area contributed by atoms with E-state index in [4.69, 9.17) is 5.84 Å². The van der Waals surface area contributed by atoms with Crippen molar-refractivity contribution in [1.29, 1.82) is 0 Å². The Morgan fingerprint density at radius 2 is 2.46 bits per heavy atom. The molecule has 74 valence electrons. The van der Waals surface area contributed by atoms with Gasteiger partial charge in [-0.1, -0.05) is 0 Å². The Morgan fingerprint density at radius 1 is 1.69 bits per heavy atom. The van der Waals surface area contributed by atoms with Gasteiger partial charge in [-0.25, -0.2) is 5.84 Å². The highest BCUT2D eigenvalue weighted by molar-refractivity contribution is 5.79. The predicted molar refractivity (Wildman–Crippen MR) is 46.4 cm³/mol. The van der Waals surface area contributed by atoms with Crippen LogP contribution in [0.3, 0.4) is 0 Å². The van der Waals surface area contributed by atoms with Crippen LogP contribution < -0.4 is 16.6 Å². The molecule has 0 aromatic rings. The van der Waals surface area contributed by atoms with E-state index in [1.165, 1.54) is 0 Å². The molecular formula is C7H14N4O2. The maximum atomic E-state index is 10.9. The second-order valence-corrected chi connectivity index (χ2v) is 2.94. The summed E-state index contributed by atoms with van der Waals surface area (Å²) >= 11 is 0. The third-order valence-corrected chi connectivity index (χ3v) is 1.93. The number of carbonyl (C=O) groups is 2. The summed E-state index contributed by atoms with van der Waals surface area (Å²) in [4.78, 5) is 23.6. The number of carbonyl (C=O) groups excluding carboxylic acids is 2. The Balaban J connectivity index is 2.20. The van der Waals surface area contributed by atoms with Crippen molar-refractivity contribution >= 4 is 11.8 Å². The molecule has 1 rings (SSSR count). The van der Waals surface area contributed by atoms with Crippen LogP contribution >= 0.6 is 0 Å². The van der Waals surface area contributed by atoms with Gasteiger partial charge in [0.15, 0.2) is 0 Å². The van der Waals surface area contributed by atoms with Gasteiger partial charge in [0.25, 0.3) is 0 Å². The normalized spacial score (nSPS) is 18.1. The summed E-state index contributed by atoms with van der Waals surface area (Å²) in [5.41, 5.74) is 2.05. The second-order valence-electron chi connectivity index (χ2n) is 2.94. The first-order valence-corrected chi connectivity index (χ1v) is 4.21. The SMILES string of the molecule is NNC(=O)CCN1CCNC(=O)C1. The van der Waals surface area contributed by atoms with Crippen molar-refractivity contribution in [3.63, 3.8) is 0 Å². The second kappa shape index (κ2) is 4.78. The number of hydrogen-bond donors (Lipinski definition) is 3. The fourth-order valence-electron chi connectivity index (χ4n) is 1.21. The molecule has 1 fully saturated rings. The minimum absolute atomic E-state index is 0.0133. The maximum Gasteiger partial charge on any atom is 0.235 e. The fourth-order valence-corrected chi connectivity index (χ4v) is 1.21. The first kappa shape index (κ1) is 9.94. The lowest BCUT2D eigenvalue weighted by Gasteiger charge is -2.25. The van der Waals surface area contributed by atoms with Crippen molar-refractivity contribution < 1.29 is 9.59 Å². The van der Waals surface area contributed by atoms with Gasteiger partial charge in [0.1, 0.15) is 0 Å². The summed E-state index contributed by atoms with van der Waals surface area (Å²) in [6, 6.07) is 0. The van der Waals surface area contributed by atoms with Gasteiger partial charge >= 0.3 is 0 Å². The Hall–Kier alpha value is -1.14. The van der Waals surface area contributed by atoms with E-state index < -0.39 is 0 Å². The third kappa shape index (κ3) is 3.39. The molecule has 0 spiro atoms. The van der Waals surface area contributed by atoms with Gasteiger partial charge in [0.2, 0.25) is 11.8 Å². The zero-order valence-corrected chi connectivity index (χ0v) is 7.38. The van der Waals surface area contributed by atoms with Crippen molar-refractivity contribution in [3.8, 4) is 0 Å². The van der Waals surface area contributed by atoms with Gasteiger partial charge in [-0.2, -0.15) is 0 Å². The molecule has 1 saturated heterocycles. The molecule has 0 aromatic carbocycles. The fraction of sp³-hybridized carbons (Fsp3) is 0.714. The van der Waals surface area contributed by atoms with E-state index in [1.807, 2.05) is 10.3 Å². The van der Waals surface area contributed by atoms with Crippen LogP contribution in [0.15, 0.2) is 0 Å². The summed E-state index contributed by atoms with van der Waals surface area (Å²) in [7, 11) is 0. The van der Waals surface area contributed by atoms with E-state index in [0.29, 0.717) is 26.1 Å². The van der Waals surface area contributed by atoms with Crippen molar-refractivity contribution in [2.45, 2.75) is 6.42 Å². The molecule has 6 heteroatoms. The molecule has 0 saturated carbocycles. The van der Waals surface area contributed by atoms with E-state index in [-0.39, 0.29) is 11.8 Å². The van der Waals surface area contributed by atoms with Gasteiger partial charge in [0, 0.05) is 26.1 Å². The van der Waals surface area contributed by atoms with Gasteiger partial charge in [0.05, 0.1) is 6.54 Å². The Morgan fingerprint density at radius 3 is 3.08 bits per heavy atom. The molecule has 1 heterocycles. The van der Waals surface area contributed by atoms with E-state index >= 15 is 0 Å². The lowest BCUT2D eigenvalue weighted by atomic mass is 10.3. The van der Waals surface area contributed by atoms with Crippen LogP contribution in [0.4, 0.5) is 0 Å². The summed E-state index contributed by atoms with van der Waals surface area (Å²) in [5.74, 6) is 4.73. The molecule has 0 bridgehead atoms. The van der Waals surface area contributed by atoms with Crippen molar-refractivity contribution in [3.05, 3.63) is 0 Å². The summed E-state index contributed by atoms with van der Waals surface area (Å²) in [5, 5.41) is 2.71. The van der Waals surface area contributed by atoms with E-state index in [2.05, 4.69) is 5.32 Å². The minimum atomic E-state index is -0.203. The lowest BCUT2D eigenvalue weighted by Crippen LogP contribution is -2.48. The summed E-state index contributed by atoms with van der Waals surface area (Å²) < 4.78 is 0. The average Bonchev–Trinajstić information content (AvgIpc) is 2.14. The van der Waals surface area contributed by atoms with Gasteiger partial charge in [-0.05, 0) is 0 Å². The molecule has 0 atom stereocenters. The van der Waals surface area contributed by atoms with E-state index in [0.717, 1.165) is 6.54 Å². The Labute approximate surface area is 76.4 Å². The molecule has 1 aliphatic heterocycles. The molecule has 0 aromatic heterocycles. The topological polar surface area (TPSA) is 87.5 Å². The van der Waals surface area contributed by atoms with Crippen molar-refractivity contribution in [1.82, 2.24) is 15.6 Å². The number of nitrogens with zero attached hydrogens (tertiary/aromatic N) is 1. The number of nitrogens with two attached hydrogens (primary N) is 1. The lowest BCUT2D eigenvalue weighted by molar-refractivity contribution is -0.126. The first-order valence-electron chi connectivity index (χ1n) is 4.21. The molecular weight excluding hydrogens is 172 g/mol. The van der Waals surface area contributed by atoms with Crippen LogP contribution in [0, 0.1) is 0 Å². The molecule has 0 unspecified atom stereocenters. The molecule has 6 nitrogen and oxygen atoms in total. The summed E-state index contributed by atoms with van der Waals surface area (Å²) in [6.45, 7) is 2.40. The molecule has 13 heavy (non-hydrogen) atoms. The van der Waals surface area contributed by atoms with Gasteiger partial charge in [-0.3, -0.25) is 19.9 Å². The monoisotopic (exact) mass is 186 g/mol. The smallest absolute Gasteiger partial charge is 0.235 e. The van der Waals surface area contributed by atoms with Crippen LogP contribution in [0.2, 0.25) is 0 Å². The largest absolute Gasteiger partial charge is 0.354 e. The van der Waals surface area contributed by atoms with Crippen LogP contribution in [0.25, 0.3) is 0 Å². The number of hydrazine groups is 1. The highest BCUT2D eigenvalue weighted by Gasteiger charge is 2.15. The zero-order chi connectivity index (χ0) is 9.68. The van der Waals surface area contributed by atoms with E-state index in [9.17, 15) is 9.59 Å². The molecule has 4 N–H and O–H groups in total. The maximum absolute atomic E-state index is 10.9. The Kier molecular flexibility index (Phi) is 3.66. The molecule has 2 amide bonds. The molecule has 0 aliphatic carbocycles. The minimum Gasteiger partial charge on any atom is -0.354 e. The predicted octanol–water partition coefficient (Wildman–Crippen LogP) is -2.20. The highest BCUT2D eigenvalue weighted by Crippen LogP contribution is 1.94. The standard InChI is InChI=1S/C7H14N4O2/c8-10-6(12)1-3-11-4-2-9-7(13)5-11/h1-5,8H2,(H,9,13)(H,10,12). The highest BCUT2D eigenvalue weighted by atomic mass is 16.2. The van der Waals surface area contributed by atoms with Gasteiger partial charge in [-0.15, -0.1) is 0 Å². The van der Waals surface area contributed by atoms with Crippen LogP contribution in [0.1, 0.15) is 6.42 Å². The summed E-state index contributed by atoms with van der Waals surface area (Å²) in [6.07, 6.45) is 0.337. The van der Waals surface area contributed by atoms with Crippen molar-refractivity contribution in [2.24, 2.45) is 5.84 Å². The number of hydrogen-bond acceptors (Lipinski definition) is 4. The number of rotatable bonds is 3.